The molecule has 0 radical (unpaired) electrons. The molecule has 2 aromatic rings. The van der Waals surface area contributed by atoms with Gasteiger partial charge >= 0.3 is 0 Å². The van der Waals surface area contributed by atoms with Crippen molar-refractivity contribution in [3.63, 3.8) is 0 Å². The maximum atomic E-state index is 4.34. The lowest BCUT2D eigenvalue weighted by Gasteiger charge is -2.12. The van der Waals surface area contributed by atoms with E-state index in [-0.39, 0.29) is 0 Å². The van der Waals surface area contributed by atoms with Crippen LogP contribution in [0.1, 0.15) is 32.4 Å². The summed E-state index contributed by atoms with van der Waals surface area (Å²) in [5.74, 6) is 0.762. The number of halogens is 1. The third kappa shape index (κ3) is 3.09. The first-order valence-electron chi connectivity index (χ1n) is 6.42. The van der Waals surface area contributed by atoms with E-state index in [1.54, 1.807) is 6.20 Å². The molecule has 0 aliphatic rings. The highest BCUT2D eigenvalue weighted by molar-refractivity contribution is 9.10. The van der Waals surface area contributed by atoms with Crippen LogP contribution in [0.25, 0.3) is 5.65 Å². The molecule has 0 bridgehead atoms. The van der Waals surface area contributed by atoms with Crippen molar-refractivity contribution in [2.75, 3.05) is 6.54 Å². The van der Waals surface area contributed by atoms with Crippen LogP contribution in [0.4, 0.5) is 0 Å². The van der Waals surface area contributed by atoms with Gasteiger partial charge in [-0.15, -0.1) is 0 Å². The van der Waals surface area contributed by atoms with Crippen molar-refractivity contribution in [2.45, 2.75) is 33.2 Å². The van der Waals surface area contributed by atoms with Gasteiger partial charge in [-0.25, -0.2) is 9.97 Å². The third-order valence-electron chi connectivity index (χ3n) is 3.33. The van der Waals surface area contributed by atoms with E-state index in [1.807, 2.05) is 12.4 Å². The largest absolute Gasteiger partial charge is 0.311 e. The maximum Gasteiger partial charge on any atom is 0.155 e. The van der Waals surface area contributed by atoms with Crippen LogP contribution in [0, 0.1) is 5.92 Å². The van der Waals surface area contributed by atoms with Crippen LogP contribution in [-0.4, -0.2) is 20.9 Å². The molecule has 0 aliphatic heterocycles. The summed E-state index contributed by atoms with van der Waals surface area (Å²) in [7, 11) is 0. The molecule has 2 heterocycles. The van der Waals surface area contributed by atoms with E-state index in [4.69, 9.17) is 0 Å². The van der Waals surface area contributed by atoms with Gasteiger partial charge in [-0.2, -0.15) is 0 Å². The van der Waals surface area contributed by atoms with Crippen molar-refractivity contribution in [1.29, 1.82) is 0 Å². The second kappa shape index (κ2) is 6.29. The van der Waals surface area contributed by atoms with E-state index in [0.717, 1.165) is 29.3 Å². The fourth-order valence-electron chi connectivity index (χ4n) is 2.03. The molecule has 2 aromatic heterocycles. The van der Waals surface area contributed by atoms with Gasteiger partial charge in [0.05, 0.1) is 18.1 Å². The average molecular weight is 311 g/mol. The Morgan fingerprint density at radius 3 is 2.78 bits per heavy atom. The number of rotatable bonds is 6. The number of hydrogen-bond donors (Lipinski definition) is 1. The molecule has 0 aromatic carbocycles. The highest BCUT2D eigenvalue weighted by Gasteiger charge is 2.06. The number of nitrogens with one attached hydrogen (secondary N) is 1. The average Bonchev–Trinajstić information content (AvgIpc) is 2.77. The van der Waals surface area contributed by atoms with E-state index in [2.05, 4.69) is 49.5 Å². The summed E-state index contributed by atoms with van der Waals surface area (Å²) < 4.78 is 2.89. The predicted octanol–water partition coefficient (Wildman–Crippen LogP) is 3.02. The molecule has 0 fully saturated rings. The third-order valence-corrected chi connectivity index (χ3v) is 3.74. The zero-order valence-corrected chi connectivity index (χ0v) is 12.4. The number of nitrogens with zero attached hydrogens (tertiary/aromatic N) is 3. The fourth-order valence-corrected chi connectivity index (χ4v) is 2.34. The van der Waals surface area contributed by atoms with Gasteiger partial charge < -0.3 is 5.32 Å². The lowest BCUT2D eigenvalue weighted by atomic mass is 10.0. The quantitative estimate of drug-likeness (QED) is 0.892. The van der Waals surface area contributed by atoms with Gasteiger partial charge in [-0.1, -0.05) is 26.7 Å². The van der Waals surface area contributed by atoms with Gasteiger partial charge in [0, 0.05) is 12.7 Å². The molecule has 5 heteroatoms. The predicted molar refractivity (Wildman–Crippen MR) is 76.5 cm³/mol. The normalized spacial score (nSPS) is 11.6. The summed E-state index contributed by atoms with van der Waals surface area (Å²) in [6.45, 7) is 6.39. The van der Waals surface area contributed by atoms with Crippen molar-refractivity contribution in [2.24, 2.45) is 5.92 Å². The van der Waals surface area contributed by atoms with Crippen LogP contribution in [0.3, 0.4) is 0 Å². The van der Waals surface area contributed by atoms with Gasteiger partial charge in [0.1, 0.15) is 4.60 Å². The van der Waals surface area contributed by atoms with Crippen molar-refractivity contribution in [3.05, 3.63) is 28.9 Å². The van der Waals surface area contributed by atoms with Crippen LogP contribution >= 0.6 is 15.9 Å². The Morgan fingerprint density at radius 1 is 1.28 bits per heavy atom. The van der Waals surface area contributed by atoms with Gasteiger partial charge in [-0.05, 0) is 28.4 Å². The molecule has 18 heavy (non-hydrogen) atoms. The molecule has 0 amide bonds. The van der Waals surface area contributed by atoms with Crippen LogP contribution in [0.5, 0.6) is 0 Å². The van der Waals surface area contributed by atoms with E-state index in [0.29, 0.717) is 0 Å². The Labute approximate surface area is 116 Å². The summed E-state index contributed by atoms with van der Waals surface area (Å²) in [6.07, 6.45) is 8.09. The lowest BCUT2D eigenvalue weighted by Crippen LogP contribution is -2.22. The molecule has 4 nitrogen and oxygen atoms in total. The van der Waals surface area contributed by atoms with Crippen LogP contribution < -0.4 is 5.32 Å². The zero-order valence-electron chi connectivity index (χ0n) is 10.9. The number of aromatic nitrogens is 3. The fraction of sp³-hybridized carbons (Fsp3) is 0.538. The summed E-state index contributed by atoms with van der Waals surface area (Å²) in [6, 6.07) is 0. The topological polar surface area (TPSA) is 42.2 Å². The molecule has 98 valence electrons. The Hall–Kier alpha value is -0.940. The first-order chi connectivity index (χ1) is 8.74. The SMILES string of the molecule is CCC(CC)CNCc1cnc2cnc(Br)cn12. The van der Waals surface area contributed by atoms with Gasteiger partial charge in [0.15, 0.2) is 5.65 Å². The minimum Gasteiger partial charge on any atom is -0.311 e. The standard InChI is InChI=1S/C13H19BrN4/c1-3-10(4-2)5-15-6-11-7-17-13-8-16-12(14)9-18(11)13/h7-10,15H,3-6H2,1-2H3. The first kappa shape index (κ1) is 13.5. The molecule has 1 N–H and O–H groups in total. The van der Waals surface area contributed by atoms with Gasteiger partial charge in [0.25, 0.3) is 0 Å². The van der Waals surface area contributed by atoms with Crippen LogP contribution in [0.2, 0.25) is 0 Å². The molecule has 0 unspecified atom stereocenters. The van der Waals surface area contributed by atoms with Crippen molar-refractivity contribution < 1.29 is 0 Å². The highest BCUT2D eigenvalue weighted by Crippen LogP contribution is 2.11. The minimum atomic E-state index is 0.762. The molecule has 0 aliphatic carbocycles. The molecule has 0 atom stereocenters. The highest BCUT2D eigenvalue weighted by atomic mass is 79.9. The van der Waals surface area contributed by atoms with E-state index in [1.165, 1.54) is 18.5 Å². The molecule has 0 spiro atoms. The Bertz CT molecular complexity index is 505. The lowest BCUT2D eigenvalue weighted by molar-refractivity contribution is 0.447. The number of imidazole rings is 1. The van der Waals surface area contributed by atoms with Gasteiger partial charge in [-0.3, -0.25) is 4.40 Å². The minimum absolute atomic E-state index is 0.762. The van der Waals surface area contributed by atoms with E-state index < -0.39 is 0 Å². The van der Waals surface area contributed by atoms with Crippen molar-refractivity contribution in [1.82, 2.24) is 19.7 Å². The number of hydrogen-bond acceptors (Lipinski definition) is 3. The smallest absolute Gasteiger partial charge is 0.155 e. The Balaban J connectivity index is 2.01. The Morgan fingerprint density at radius 2 is 2.06 bits per heavy atom. The maximum absolute atomic E-state index is 4.34. The summed E-state index contributed by atoms with van der Waals surface area (Å²) in [5.41, 5.74) is 2.05. The van der Waals surface area contributed by atoms with Gasteiger partial charge in [0.2, 0.25) is 0 Å². The Kier molecular flexibility index (Phi) is 4.72. The van der Waals surface area contributed by atoms with Crippen LogP contribution in [0.15, 0.2) is 23.2 Å². The molecule has 0 saturated carbocycles. The molecular weight excluding hydrogens is 292 g/mol. The van der Waals surface area contributed by atoms with Crippen LogP contribution in [-0.2, 0) is 6.54 Å². The monoisotopic (exact) mass is 310 g/mol. The molecule has 0 saturated heterocycles. The van der Waals surface area contributed by atoms with Crippen molar-refractivity contribution in [3.8, 4) is 0 Å². The summed E-state index contributed by atoms with van der Waals surface area (Å²) in [4.78, 5) is 8.51. The van der Waals surface area contributed by atoms with E-state index in [9.17, 15) is 0 Å². The zero-order chi connectivity index (χ0) is 13.0. The first-order valence-corrected chi connectivity index (χ1v) is 7.22. The van der Waals surface area contributed by atoms with E-state index >= 15 is 0 Å². The molecule has 2 rings (SSSR count). The summed E-state index contributed by atoms with van der Waals surface area (Å²) in [5, 5.41) is 3.50. The number of fused-ring (bicyclic) bond motifs is 1. The molecular formula is C13H19BrN4. The summed E-state index contributed by atoms with van der Waals surface area (Å²) >= 11 is 3.38. The second-order valence-corrected chi connectivity index (χ2v) is 5.31. The van der Waals surface area contributed by atoms with Crippen molar-refractivity contribution >= 4 is 21.6 Å². The second-order valence-electron chi connectivity index (χ2n) is 4.50.